The third-order valence-electron chi connectivity index (χ3n) is 0.502. The summed E-state index contributed by atoms with van der Waals surface area (Å²) in [5.41, 5.74) is 0. The van der Waals surface area contributed by atoms with E-state index >= 15 is 0 Å². The Hall–Kier alpha value is -1.40. The average Bonchev–Trinajstić information content (AvgIpc) is 1.82. The summed E-state index contributed by atoms with van der Waals surface area (Å²) in [5, 5.41) is 17.7. The zero-order valence-corrected chi connectivity index (χ0v) is 4.59. The first-order valence-electron chi connectivity index (χ1n) is 1.97. The second-order valence-corrected chi connectivity index (χ2v) is 1.05. The summed E-state index contributed by atoms with van der Waals surface area (Å²) in [6.07, 6.45) is -1.78. The monoisotopic (exact) mass is 132 g/mol. The van der Waals surface area contributed by atoms with Gasteiger partial charge in [-0.1, -0.05) is 5.11 Å². The molecule has 0 amide bonds. The van der Waals surface area contributed by atoms with Crippen molar-refractivity contribution in [1.29, 1.82) is 0 Å². The Morgan fingerprint density at radius 2 is 2.22 bits per heavy atom. The van der Waals surface area contributed by atoms with Crippen molar-refractivity contribution in [3.63, 3.8) is 0 Å². The Morgan fingerprint density at radius 3 is 2.33 bits per heavy atom. The molecule has 0 aliphatic heterocycles. The van der Waals surface area contributed by atoms with Gasteiger partial charge in [0.05, 0.1) is 4.92 Å². The fourth-order valence-electron chi connectivity index (χ4n) is 0.205. The highest BCUT2D eigenvalue weighted by Gasteiger charge is 2.16. The van der Waals surface area contributed by atoms with E-state index in [9.17, 15) is 15.0 Å². The predicted molar refractivity (Wildman–Crippen MR) is 27.4 cm³/mol. The zero-order valence-electron chi connectivity index (χ0n) is 4.59. The summed E-state index contributed by atoms with van der Waals surface area (Å²) in [6, 6.07) is 0. The second kappa shape index (κ2) is 3.58. The third-order valence-corrected chi connectivity index (χ3v) is 0.502. The van der Waals surface area contributed by atoms with Gasteiger partial charge < -0.3 is 0 Å². The van der Waals surface area contributed by atoms with Gasteiger partial charge in [-0.05, 0) is 0 Å². The molecule has 0 aromatic heterocycles. The van der Waals surface area contributed by atoms with E-state index in [1.165, 1.54) is 7.05 Å². The van der Waals surface area contributed by atoms with E-state index in [2.05, 4.69) is 15.4 Å². The Bertz CT molecular complexity index is 143. The molecule has 0 aromatic carbocycles. The Labute approximate surface area is 49.9 Å². The summed E-state index contributed by atoms with van der Waals surface area (Å²) in [4.78, 5) is 18.2. The molecule has 7 heteroatoms. The van der Waals surface area contributed by atoms with Crippen molar-refractivity contribution in [1.82, 2.24) is 0 Å². The van der Waals surface area contributed by atoms with Crippen molar-refractivity contribution in [3.8, 4) is 0 Å². The molecule has 0 saturated heterocycles. The van der Waals surface area contributed by atoms with Crippen molar-refractivity contribution in [2.75, 3.05) is 7.05 Å². The first kappa shape index (κ1) is 7.60. The van der Waals surface area contributed by atoms with E-state index in [1.807, 2.05) is 0 Å². The summed E-state index contributed by atoms with van der Waals surface area (Å²) in [7, 11) is 1.22. The lowest BCUT2D eigenvalue weighted by Crippen LogP contribution is -2.11. The van der Waals surface area contributed by atoms with Crippen LogP contribution in [-0.4, -0.2) is 18.3 Å². The highest BCUT2D eigenvalue weighted by Crippen LogP contribution is 1.92. The molecule has 0 rings (SSSR count). The predicted octanol–water partition coefficient (Wildman–Crippen LogP) is 0.395. The second-order valence-electron chi connectivity index (χ2n) is 1.05. The number of rotatable bonds is 3. The quantitative estimate of drug-likeness (QED) is 0.240. The van der Waals surface area contributed by atoms with Crippen LogP contribution in [0, 0.1) is 15.0 Å². The van der Waals surface area contributed by atoms with Crippen molar-refractivity contribution in [2.45, 2.75) is 6.29 Å². The van der Waals surface area contributed by atoms with Crippen LogP contribution in [0.5, 0.6) is 0 Å². The fraction of sp³-hybridized carbons (Fsp3) is 1.00. The smallest absolute Gasteiger partial charge is 0.260 e. The number of hydrogen-bond donors (Lipinski definition) is 0. The van der Waals surface area contributed by atoms with E-state index in [0.717, 1.165) is 0 Å². The number of nitrogens with zero attached hydrogens (tertiary/aromatic N) is 4. The van der Waals surface area contributed by atoms with Gasteiger partial charge in [0.25, 0.3) is 0 Å². The van der Waals surface area contributed by atoms with Crippen LogP contribution in [0.25, 0.3) is 0 Å². The van der Waals surface area contributed by atoms with Gasteiger partial charge in [-0.15, -0.1) is 4.91 Å². The maximum Gasteiger partial charge on any atom is 0.452 e. The molecule has 0 bridgehead atoms. The highest BCUT2D eigenvalue weighted by molar-refractivity contribution is 4.40. The fourth-order valence-corrected chi connectivity index (χ4v) is 0.205. The van der Waals surface area contributed by atoms with Gasteiger partial charge in [0.15, 0.2) is 0 Å². The van der Waals surface area contributed by atoms with Crippen LogP contribution >= 0.6 is 0 Å². The normalized spacial score (nSPS) is 13.4. The van der Waals surface area contributed by atoms with E-state index in [0.29, 0.717) is 0 Å². The summed E-state index contributed by atoms with van der Waals surface area (Å²) >= 11 is 0. The van der Waals surface area contributed by atoms with Crippen molar-refractivity contribution >= 4 is 0 Å². The van der Waals surface area contributed by atoms with Gasteiger partial charge in [0.2, 0.25) is 0 Å². The van der Waals surface area contributed by atoms with Crippen molar-refractivity contribution in [2.24, 2.45) is 15.4 Å². The Kier molecular flexibility index (Phi) is 3.03. The van der Waals surface area contributed by atoms with Crippen LogP contribution in [0.2, 0.25) is 0 Å². The van der Waals surface area contributed by atoms with Gasteiger partial charge in [0.1, 0.15) is 0 Å². The van der Waals surface area contributed by atoms with E-state index in [1.54, 1.807) is 0 Å². The Balaban J connectivity index is 3.98. The SMILES string of the molecule is CN=NC(N=O)[N+](=O)[O-]. The molecular formula is C2H4N4O3. The van der Waals surface area contributed by atoms with Crippen LogP contribution in [0.3, 0.4) is 0 Å². The molecule has 1 unspecified atom stereocenters. The van der Waals surface area contributed by atoms with Gasteiger partial charge in [-0.3, -0.25) is 10.1 Å². The lowest BCUT2D eigenvalue weighted by molar-refractivity contribution is -0.520. The summed E-state index contributed by atoms with van der Waals surface area (Å²) in [6.45, 7) is 0. The van der Waals surface area contributed by atoms with Crippen LogP contribution < -0.4 is 0 Å². The van der Waals surface area contributed by atoms with E-state index in [-0.39, 0.29) is 0 Å². The number of hydrogen-bond acceptors (Lipinski definition) is 6. The lowest BCUT2D eigenvalue weighted by Gasteiger charge is -1.88. The number of nitro groups is 1. The maximum atomic E-state index is 9.68. The molecule has 0 fully saturated rings. The molecule has 7 nitrogen and oxygen atoms in total. The van der Waals surface area contributed by atoms with Crippen LogP contribution in [0.4, 0.5) is 0 Å². The maximum absolute atomic E-state index is 9.68. The van der Waals surface area contributed by atoms with Gasteiger partial charge in [-0.25, -0.2) is 0 Å². The average molecular weight is 132 g/mol. The molecule has 0 radical (unpaired) electrons. The van der Waals surface area contributed by atoms with E-state index < -0.39 is 11.2 Å². The largest absolute Gasteiger partial charge is 0.452 e. The molecule has 0 heterocycles. The summed E-state index contributed by atoms with van der Waals surface area (Å²) in [5.74, 6) is 0. The molecular weight excluding hydrogens is 128 g/mol. The van der Waals surface area contributed by atoms with Crippen LogP contribution in [0.15, 0.2) is 15.4 Å². The third kappa shape index (κ3) is 2.42. The lowest BCUT2D eigenvalue weighted by atomic mass is 11.0. The number of azo groups is 1. The molecule has 1 atom stereocenters. The first-order valence-corrected chi connectivity index (χ1v) is 1.97. The Morgan fingerprint density at radius 1 is 1.67 bits per heavy atom. The zero-order chi connectivity index (χ0) is 7.28. The van der Waals surface area contributed by atoms with Crippen molar-refractivity contribution < 1.29 is 4.92 Å². The molecule has 0 N–H and O–H groups in total. The van der Waals surface area contributed by atoms with Crippen molar-refractivity contribution in [3.05, 3.63) is 15.0 Å². The van der Waals surface area contributed by atoms with E-state index in [4.69, 9.17) is 0 Å². The van der Waals surface area contributed by atoms with Gasteiger partial charge in [-0.2, -0.15) is 5.11 Å². The minimum Gasteiger partial charge on any atom is -0.260 e. The molecule has 0 aromatic rings. The molecule has 0 aliphatic rings. The standard InChI is InChI=1S/C2H4N4O3/c1-3-4-2(5-7)6(8)9/h2H,1H3. The topological polar surface area (TPSA) is 97.3 Å². The summed E-state index contributed by atoms with van der Waals surface area (Å²) < 4.78 is 0. The number of nitroso groups, excluding NO2 is 1. The first-order chi connectivity index (χ1) is 4.22. The minimum absolute atomic E-state index is 0.931. The molecule has 0 saturated carbocycles. The molecule has 50 valence electrons. The molecule has 9 heavy (non-hydrogen) atoms. The highest BCUT2D eigenvalue weighted by atomic mass is 16.6. The minimum atomic E-state index is -1.78. The molecule has 0 spiro atoms. The van der Waals surface area contributed by atoms with Crippen LogP contribution in [-0.2, 0) is 0 Å². The van der Waals surface area contributed by atoms with Gasteiger partial charge >= 0.3 is 6.29 Å². The van der Waals surface area contributed by atoms with Gasteiger partial charge in [0, 0.05) is 12.2 Å². The van der Waals surface area contributed by atoms with Crippen LogP contribution in [0.1, 0.15) is 0 Å². The molecule has 0 aliphatic carbocycles.